The summed E-state index contributed by atoms with van der Waals surface area (Å²) in [6.07, 6.45) is 1.69. The molecule has 0 saturated carbocycles. The molecule has 31 heavy (non-hydrogen) atoms. The summed E-state index contributed by atoms with van der Waals surface area (Å²) in [6.45, 7) is 11.2. The number of benzene rings is 1. The number of aryl methyl sites for hydroxylation is 5. The summed E-state index contributed by atoms with van der Waals surface area (Å²) >= 11 is 0. The number of nitrogens with zero attached hydrogens (tertiary/aromatic N) is 4. The predicted molar refractivity (Wildman–Crippen MR) is 128 cm³/mol. The largest absolute Gasteiger partial charge is 0.373 e. The zero-order valence-corrected chi connectivity index (χ0v) is 19.4. The number of likely N-dealkylation sites (N-methyl/N-ethyl adjacent to an activating group) is 2. The third-order valence-electron chi connectivity index (χ3n) is 5.60. The van der Waals surface area contributed by atoms with Crippen LogP contribution in [0.25, 0.3) is 5.82 Å². The molecule has 0 bridgehead atoms. The molecule has 1 N–H and O–H groups in total. The van der Waals surface area contributed by atoms with E-state index >= 15 is 0 Å². The van der Waals surface area contributed by atoms with Crippen LogP contribution in [0.1, 0.15) is 40.7 Å². The molecule has 0 atom stereocenters. The third kappa shape index (κ3) is 5.74. The van der Waals surface area contributed by atoms with Gasteiger partial charge >= 0.3 is 0 Å². The molecular formula is C26H33N5. The van der Waals surface area contributed by atoms with Crippen LogP contribution in [0.4, 0.5) is 5.69 Å². The van der Waals surface area contributed by atoms with Gasteiger partial charge in [0.15, 0.2) is 0 Å². The van der Waals surface area contributed by atoms with Crippen molar-refractivity contribution in [2.75, 3.05) is 31.6 Å². The van der Waals surface area contributed by atoms with Gasteiger partial charge in [-0.05, 0) is 93.7 Å². The standard InChI is InChI=1S/C26H33N5/c1-6-28-11-12-30(5)25-16-22(15-23(17-25)18-27)9-10-24-13-19(2)14-26(29-24)31-20(3)7-8-21(31)4/h7-8,13-17,28H,6,9-12H2,1-5H3. The molecular weight excluding hydrogens is 382 g/mol. The smallest absolute Gasteiger partial charge is 0.137 e. The lowest BCUT2D eigenvalue weighted by molar-refractivity contribution is 0.706. The lowest BCUT2D eigenvalue weighted by Crippen LogP contribution is -2.29. The summed E-state index contributed by atoms with van der Waals surface area (Å²) in [5, 5.41) is 12.9. The van der Waals surface area contributed by atoms with Crippen molar-refractivity contribution in [3.8, 4) is 11.9 Å². The fourth-order valence-corrected chi connectivity index (χ4v) is 3.92. The molecule has 0 aliphatic heterocycles. The second kappa shape index (κ2) is 10.3. The lowest BCUT2D eigenvalue weighted by atomic mass is 10.0. The van der Waals surface area contributed by atoms with Crippen LogP contribution in [-0.4, -0.2) is 36.2 Å². The van der Waals surface area contributed by atoms with Crippen LogP contribution < -0.4 is 10.2 Å². The van der Waals surface area contributed by atoms with Gasteiger partial charge < -0.3 is 14.8 Å². The van der Waals surface area contributed by atoms with E-state index in [1.165, 1.54) is 22.5 Å². The van der Waals surface area contributed by atoms with Crippen molar-refractivity contribution in [2.45, 2.75) is 40.5 Å². The highest BCUT2D eigenvalue weighted by Gasteiger charge is 2.10. The Hall–Kier alpha value is -3.10. The average molecular weight is 416 g/mol. The molecule has 0 fully saturated rings. The van der Waals surface area contributed by atoms with E-state index in [0.717, 1.165) is 49.7 Å². The van der Waals surface area contributed by atoms with E-state index in [1.54, 1.807) is 0 Å². The number of pyridine rings is 1. The highest BCUT2D eigenvalue weighted by molar-refractivity contribution is 5.54. The number of nitrogens with one attached hydrogen (secondary N) is 1. The molecule has 0 radical (unpaired) electrons. The number of nitriles is 1. The first-order valence-electron chi connectivity index (χ1n) is 11.0. The zero-order chi connectivity index (χ0) is 22.4. The van der Waals surface area contributed by atoms with E-state index in [0.29, 0.717) is 5.56 Å². The second-order valence-corrected chi connectivity index (χ2v) is 8.22. The summed E-state index contributed by atoms with van der Waals surface area (Å²) in [5.74, 6) is 0.977. The molecule has 0 aliphatic carbocycles. The van der Waals surface area contributed by atoms with Crippen LogP contribution in [0.5, 0.6) is 0 Å². The summed E-state index contributed by atoms with van der Waals surface area (Å²) in [6, 6.07) is 17.0. The fourth-order valence-electron chi connectivity index (χ4n) is 3.92. The van der Waals surface area contributed by atoms with Gasteiger partial charge in [0.1, 0.15) is 5.82 Å². The number of hydrogen-bond acceptors (Lipinski definition) is 4. The van der Waals surface area contributed by atoms with E-state index in [4.69, 9.17) is 4.98 Å². The second-order valence-electron chi connectivity index (χ2n) is 8.22. The third-order valence-corrected chi connectivity index (χ3v) is 5.60. The van der Waals surface area contributed by atoms with Crippen molar-refractivity contribution in [3.05, 3.63) is 76.2 Å². The molecule has 0 amide bonds. The van der Waals surface area contributed by atoms with E-state index < -0.39 is 0 Å². The van der Waals surface area contributed by atoms with Crippen molar-refractivity contribution < 1.29 is 0 Å². The summed E-state index contributed by atoms with van der Waals surface area (Å²) in [5.41, 5.74) is 7.63. The van der Waals surface area contributed by atoms with Crippen molar-refractivity contribution in [2.24, 2.45) is 0 Å². The molecule has 2 aromatic heterocycles. The Morgan fingerprint density at radius 1 is 1.03 bits per heavy atom. The summed E-state index contributed by atoms with van der Waals surface area (Å²) in [7, 11) is 2.08. The molecule has 1 aromatic carbocycles. The fraction of sp³-hybridized carbons (Fsp3) is 0.385. The van der Waals surface area contributed by atoms with Crippen LogP contribution in [0.2, 0.25) is 0 Å². The van der Waals surface area contributed by atoms with Crippen molar-refractivity contribution in [1.29, 1.82) is 5.26 Å². The maximum Gasteiger partial charge on any atom is 0.137 e. The molecule has 0 spiro atoms. The highest BCUT2D eigenvalue weighted by Crippen LogP contribution is 2.21. The highest BCUT2D eigenvalue weighted by atomic mass is 15.1. The van der Waals surface area contributed by atoms with Crippen molar-refractivity contribution in [1.82, 2.24) is 14.9 Å². The minimum absolute atomic E-state index is 0.708. The molecule has 162 valence electrons. The Kier molecular flexibility index (Phi) is 7.49. The molecule has 0 aliphatic rings. The van der Waals surface area contributed by atoms with Gasteiger partial charge in [-0.15, -0.1) is 0 Å². The van der Waals surface area contributed by atoms with E-state index in [2.05, 4.69) is 85.9 Å². The Labute approximate surface area is 186 Å². The van der Waals surface area contributed by atoms with Crippen LogP contribution >= 0.6 is 0 Å². The van der Waals surface area contributed by atoms with Gasteiger partial charge in [0.05, 0.1) is 11.6 Å². The molecule has 5 nitrogen and oxygen atoms in total. The molecule has 0 unspecified atom stereocenters. The number of hydrogen-bond donors (Lipinski definition) is 1. The minimum atomic E-state index is 0.708. The van der Waals surface area contributed by atoms with Gasteiger partial charge in [0.2, 0.25) is 0 Å². The topological polar surface area (TPSA) is 56.9 Å². The van der Waals surface area contributed by atoms with Crippen LogP contribution in [0, 0.1) is 32.1 Å². The van der Waals surface area contributed by atoms with Gasteiger partial charge in [-0.2, -0.15) is 5.26 Å². The first kappa shape index (κ1) is 22.6. The number of aromatic nitrogens is 2. The Bertz CT molecular complexity index is 1050. The van der Waals surface area contributed by atoms with Crippen LogP contribution in [-0.2, 0) is 12.8 Å². The molecule has 3 aromatic rings. The molecule has 2 heterocycles. The Morgan fingerprint density at radius 3 is 2.45 bits per heavy atom. The van der Waals surface area contributed by atoms with Gasteiger partial charge in [-0.25, -0.2) is 4.98 Å². The molecule has 3 rings (SSSR count). The van der Waals surface area contributed by atoms with Gasteiger partial charge in [0.25, 0.3) is 0 Å². The van der Waals surface area contributed by atoms with Crippen molar-refractivity contribution in [3.63, 3.8) is 0 Å². The summed E-state index contributed by atoms with van der Waals surface area (Å²) < 4.78 is 2.20. The SMILES string of the molecule is CCNCCN(C)c1cc(C#N)cc(CCc2cc(C)cc(-n3c(C)ccc3C)n2)c1. The van der Waals surface area contributed by atoms with E-state index in [1.807, 2.05) is 12.1 Å². The Morgan fingerprint density at radius 2 is 1.77 bits per heavy atom. The Balaban J connectivity index is 1.79. The summed E-state index contributed by atoms with van der Waals surface area (Å²) in [4.78, 5) is 7.14. The van der Waals surface area contributed by atoms with Gasteiger partial charge in [0, 0.05) is 42.9 Å². The van der Waals surface area contributed by atoms with Gasteiger partial charge in [-0.3, -0.25) is 0 Å². The number of anilines is 1. The predicted octanol–water partition coefficient (Wildman–Crippen LogP) is 4.50. The maximum absolute atomic E-state index is 9.50. The average Bonchev–Trinajstić information content (AvgIpc) is 3.09. The van der Waals surface area contributed by atoms with E-state index in [9.17, 15) is 5.26 Å². The van der Waals surface area contributed by atoms with Crippen molar-refractivity contribution >= 4 is 5.69 Å². The lowest BCUT2D eigenvalue weighted by Gasteiger charge is -2.20. The van der Waals surface area contributed by atoms with E-state index in [-0.39, 0.29) is 0 Å². The monoisotopic (exact) mass is 415 g/mol. The zero-order valence-electron chi connectivity index (χ0n) is 19.4. The first-order chi connectivity index (χ1) is 14.9. The molecule has 5 heteroatoms. The number of rotatable bonds is 9. The van der Waals surface area contributed by atoms with Crippen LogP contribution in [0.3, 0.4) is 0 Å². The first-order valence-corrected chi connectivity index (χ1v) is 11.0. The quantitative estimate of drug-likeness (QED) is 0.523. The van der Waals surface area contributed by atoms with Gasteiger partial charge in [-0.1, -0.05) is 6.92 Å². The maximum atomic E-state index is 9.50. The van der Waals surface area contributed by atoms with Crippen LogP contribution in [0.15, 0.2) is 42.5 Å². The molecule has 0 saturated heterocycles. The normalized spacial score (nSPS) is 10.8. The minimum Gasteiger partial charge on any atom is -0.373 e.